The molecule has 1 rings (SSSR count). The second-order valence-electron chi connectivity index (χ2n) is 9.62. The molecule has 0 amide bonds. The monoisotopic (exact) mass is 424 g/mol. The van der Waals surface area contributed by atoms with Crippen LogP contribution in [0.1, 0.15) is 141 Å². The van der Waals surface area contributed by atoms with Crippen LogP contribution >= 0.6 is 0 Å². The van der Waals surface area contributed by atoms with Crippen molar-refractivity contribution in [3.63, 3.8) is 0 Å². The van der Waals surface area contributed by atoms with Gasteiger partial charge in [0.05, 0.1) is 0 Å². The highest BCUT2D eigenvalue weighted by Crippen LogP contribution is 2.37. The number of unbranched alkanes of at least 4 members (excludes halogenated alkanes) is 12. The van der Waals surface area contributed by atoms with Crippen molar-refractivity contribution in [2.45, 2.75) is 141 Å². The Hall–Kier alpha value is -1.06. The summed E-state index contributed by atoms with van der Waals surface area (Å²) in [6.07, 6.45) is 26.1. The molecule has 0 spiro atoms. The summed E-state index contributed by atoms with van der Waals surface area (Å²) in [5, 5.41) is 17.3. The van der Waals surface area contributed by atoms with Crippen LogP contribution in [-0.4, -0.2) is 22.2 Å². The molecule has 0 heterocycles. The second-order valence-corrected chi connectivity index (χ2v) is 9.62. The van der Waals surface area contributed by atoms with E-state index in [4.69, 9.17) is 10.2 Å². The van der Waals surface area contributed by atoms with Gasteiger partial charge in [-0.15, -0.1) is 0 Å². The number of aliphatic carboxylic acids is 2. The van der Waals surface area contributed by atoms with Crippen LogP contribution < -0.4 is 0 Å². The van der Waals surface area contributed by atoms with Crippen LogP contribution in [0.3, 0.4) is 0 Å². The van der Waals surface area contributed by atoms with E-state index in [0.717, 1.165) is 37.5 Å². The van der Waals surface area contributed by atoms with Crippen molar-refractivity contribution in [2.24, 2.45) is 11.8 Å². The molecule has 4 heteroatoms. The van der Waals surface area contributed by atoms with Crippen molar-refractivity contribution < 1.29 is 19.8 Å². The van der Waals surface area contributed by atoms with Gasteiger partial charge in [-0.2, -0.15) is 0 Å². The minimum absolute atomic E-state index is 0.329. The molecule has 176 valence electrons. The number of hydrogen-bond acceptors (Lipinski definition) is 2. The Morgan fingerprint density at radius 1 is 0.500 bits per heavy atom. The first kappa shape index (κ1) is 27.0. The topological polar surface area (TPSA) is 74.6 Å². The maximum Gasteiger partial charge on any atom is 0.303 e. The minimum Gasteiger partial charge on any atom is -0.481 e. The zero-order chi connectivity index (χ0) is 21.9. The molecule has 2 atom stereocenters. The van der Waals surface area contributed by atoms with Gasteiger partial charge in [-0.1, -0.05) is 116 Å². The van der Waals surface area contributed by atoms with Crippen LogP contribution in [0.4, 0.5) is 0 Å². The number of carbonyl (C=O) groups is 2. The third-order valence-corrected chi connectivity index (χ3v) is 7.00. The average molecular weight is 425 g/mol. The Kier molecular flexibility index (Phi) is 16.8. The third kappa shape index (κ3) is 15.7. The maximum atomic E-state index is 10.5. The Bertz CT molecular complexity index is 395. The quantitative estimate of drug-likeness (QED) is 0.194. The first-order chi connectivity index (χ1) is 14.6. The van der Waals surface area contributed by atoms with Gasteiger partial charge < -0.3 is 10.2 Å². The summed E-state index contributed by atoms with van der Waals surface area (Å²) in [5.74, 6) is 0.603. The molecule has 1 aliphatic rings. The highest BCUT2D eigenvalue weighted by atomic mass is 16.4. The molecule has 0 aliphatic heterocycles. The van der Waals surface area contributed by atoms with Gasteiger partial charge in [0.2, 0.25) is 0 Å². The van der Waals surface area contributed by atoms with Crippen molar-refractivity contribution in [1.82, 2.24) is 0 Å². The van der Waals surface area contributed by atoms with Crippen LogP contribution in [0.2, 0.25) is 0 Å². The summed E-state index contributed by atoms with van der Waals surface area (Å²) < 4.78 is 0. The fourth-order valence-electron chi connectivity index (χ4n) is 5.18. The summed E-state index contributed by atoms with van der Waals surface area (Å²) in [6.45, 7) is 0. The smallest absolute Gasteiger partial charge is 0.303 e. The molecule has 1 saturated carbocycles. The van der Waals surface area contributed by atoms with Gasteiger partial charge in [0, 0.05) is 12.8 Å². The Labute approximate surface area is 185 Å². The molecular formula is C26H48O4. The van der Waals surface area contributed by atoms with E-state index in [1.807, 2.05) is 0 Å². The van der Waals surface area contributed by atoms with Gasteiger partial charge in [0.1, 0.15) is 0 Å². The molecule has 1 fully saturated rings. The first-order valence-corrected chi connectivity index (χ1v) is 13.0. The normalized spacial score (nSPS) is 19.1. The number of carboxylic acid groups (broad SMARTS) is 2. The molecule has 0 bridgehead atoms. The van der Waals surface area contributed by atoms with Gasteiger partial charge in [-0.05, 0) is 24.7 Å². The van der Waals surface area contributed by atoms with Crippen LogP contribution in [-0.2, 0) is 9.59 Å². The Morgan fingerprint density at radius 3 is 1.13 bits per heavy atom. The molecule has 0 aromatic rings. The number of hydrogen-bond donors (Lipinski definition) is 2. The molecule has 4 nitrogen and oxygen atoms in total. The molecule has 0 saturated heterocycles. The summed E-state index contributed by atoms with van der Waals surface area (Å²) in [7, 11) is 0. The molecule has 0 radical (unpaired) electrons. The van der Waals surface area contributed by atoms with Crippen LogP contribution in [0.25, 0.3) is 0 Å². The molecule has 0 aromatic heterocycles. The third-order valence-electron chi connectivity index (χ3n) is 7.00. The van der Waals surface area contributed by atoms with Crippen molar-refractivity contribution in [3.8, 4) is 0 Å². The van der Waals surface area contributed by atoms with E-state index in [0.29, 0.717) is 12.8 Å². The largest absolute Gasteiger partial charge is 0.481 e. The molecule has 2 unspecified atom stereocenters. The van der Waals surface area contributed by atoms with Crippen LogP contribution in [0.15, 0.2) is 0 Å². The van der Waals surface area contributed by atoms with E-state index >= 15 is 0 Å². The van der Waals surface area contributed by atoms with E-state index in [9.17, 15) is 9.59 Å². The van der Waals surface area contributed by atoms with Gasteiger partial charge >= 0.3 is 11.9 Å². The molecule has 0 aromatic carbocycles. The lowest BCUT2D eigenvalue weighted by Gasteiger charge is -2.32. The number of rotatable bonds is 20. The van der Waals surface area contributed by atoms with Gasteiger partial charge in [0.25, 0.3) is 0 Å². The van der Waals surface area contributed by atoms with Crippen molar-refractivity contribution >= 4 is 11.9 Å². The Balaban J connectivity index is 1.97. The molecule has 30 heavy (non-hydrogen) atoms. The van der Waals surface area contributed by atoms with E-state index in [1.54, 1.807) is 0 Å². The van der Waals surface area contributed by atoms with Crippen molar-refractivity contribution in [3.05, 3.63) is 0 Å². The Morgan fingerprint density at radius 2 is 0.800 bits per heavy atom. The second kappa shape index (κ2) is 18.7. The lowest BCUT2D eigenvalue weighted by Crippen LogP contribution is -2.19. The van der Waals surface area contributed by atoms with Gasteiger partial charge in [0.15, 0.2) is 0 Å². The first-order valence-electron chi connectivity index (χ1n) is 13.0. The summed E-state index contributed by atoms with van der Waals surface area (Å²) in [5.41, 5.74) is 0. The standard InChI is InChI=1S/C26H48O4/c27-25(28)21-13-9-5-1-3-7-11-17-23-19-15-16-20-24(23)18-12-8-4-2-6-10-14-22-26(29)30/h23-24H,1-22H2,(H,27,28)(H,29,30). The van der Waals surface area contributed by atoms with E-state index in [-0.39, 0.29) is 0 Å². The fraction of sp³-hybridized carbons (Fsp3) is 0.923. The van der Waals surface area contributed by atoms with E-state index in [2.05, 4.69) is 0 Å². The highest BCUT2D eigenvalue weighted by molar-refractivity contribution is 5.66. The average Bonchev–Trinajstić information content (AvgIpc) is 2.71. The summed E-state index contributed by atoms with van der Waals surface area (Å²) in [6, 6.07) is 0. The molecular weight excluding hydrogens is 376 g/mol. The minimum atomic E-state index is -0.662. The molecule has 2 N–H and O–H groups in total. The zero-order valence-corrected chi connectivity index (χ0v) is 19.4. The predicted octanol–water partition coefficient (Wildman–Crippen LogP) is 7.98. The fourth-order valence-corrected chi connectivity index (χ4v) is 5.18. The van der Waals surface area contributed by atoms with Crippen molar-refractivity contribution in [2.75, 3.05) is 0 Å². The SMILES string of the molecule is O=C(O)CCCCCCCCCC1CCCCC1CCCCCCCCCC(=O)O. The zero-order valence-electron chi connectivity index (χ0n) is 19.4. The summed E-state index contributed by atoms with van der Waals surface area (Å²) >= 11 is 0. The maximum absolute atomic E-state index is 10.5. The predicted molar refractivity (Wildman–Crippen MR) is 124 cm³/mol. The van der Waals surface area contributed by atoms with E-state index in [1.165, 1.54) is 103 Å². The number of carboxylic acids is 2. The van der Waals surface area contributed by atoms with E-state index < -0.39 is 11.9 Å². The van der Waals surface area contributed by atoms with Gasteiger partial charge in [-0.25, -0.2) is 0 Å². The lowest BCUT2D eigenvalue weighted by molar-refractivity contribution is -0.138. The van der Waals surface area contributed by atoms with Crippen LogP contribution in [0, 0.1) is 11.8 Å². The van der Waals surface area contributed by atoms with Crippen molar-refractivity contribution in [1.29, 1.82) is 0 Å². The summed E-state index contributed by atoms with van der Waals surface area (Å²) in [4.78, 5) is 21.0. The van der Waals surface area contributed by atoms with Gasteiger partial charge in [-0.3, -0.25) is 9.59 Å². The highest BCUT2D eigenvalue weighted by Gasteiger charge is 2.23. The van der Waals surface area contributed by atoms with Crippen LogP contribution in [0.5, 0.6) is 0 Å². The lowest BCUT2D eigenvalue weighted by atomic mass is 9.74. The molecule has 1 aliphatic carbocycles.